The van der Waals surface area contributed by atoms with Crippen LogP contribution in [0.15, 0.2) is 0 Å². The fourth-order valence-electron chi connectivity index (χ4n) is 2.97. The van der Waals surface area contributed by atoms with Gasteiger partial charge in [0.05, 0.1) is 7.11 Å². The second-order valence-corrected chi connectivity index (χ2v) is 6.49. The molecular formula is C13H25NO2. The van der Waals surface area contributed by atoms with Gasteiger partial charge in [-0.15, -0.1) is 0 Å². The van der Waals surface area contributed by atoms with Gasteiger partial charge in [-0.2, -0.15) is 0 Å². The lowest BCUT2D eigenvalue weighted by atomic mass is 9.69. The highest BCUT2D eigenvalue weighted by atomic mass is 16.5. The standard InChI is InChI=1S/C13H25NO2/c1-12(2)6-7-14-10(11(15)16-5)8-13(3,4)9-12/h10,14H,6-9H2,1-5H3. The Morgan fingerprint density at radius 1 is 1.25 bits per heavy atom. The van der Waals surface area contributed by atoms with E-state index < -0.39 is 0 Å². The van der Waals surface area contributed by atoms with Gasteiger partial charge in [-0.3, -0.25) is 4.79 Å². The smallest absolute Gasteiger partial charge is 0.322 e. The number of methoxy groups -OCH3 is 1. The molecule has 1 unspecified atom stereocenters. The van der Waals surface area contributed by atoms with Crippen LogP contribution in [0.25, 0.3) is 0 Å². The summed E-state index contributed by atoms with van der Waals surface area (Å²) in [7, 11) is 1.46. The lowest BCUT2D eigenvalue weighted by Crippen LogP contribution is -2.45. The van der Waals surface area contributed by atoms with Crippen LogP contribution in [0.4, 0.5) is 0 Å². The molecule has 3 nitrogen and oxygen atoms in total. The first-order valence-electron chi connectivity index (χ1n) is 6.07. The van der Waals surface area contributed by atoms with E-state index in [1.165, 1.54) is 7.11 Å². The minimum absolute atomic E-state index is 0.132. The van der Waals surface area contributed by atoms with Crippen molar-refractivity contribution in [1.29, 1.82) is 0 Å². The maximum Gasteiger partial charge on any atom is 0.322 e. The summed E-state index contributed by atoms with van der Waals surface area (Å²) in [6.45, 7) is 9.96. The van der Waals surface area contributed by atoms with Crippen LogP contribution in [0.3, 0.4) is 0 Å². The van der Waals surface area contributed by atoms with Crippen molar-refractivity contribution in [3.05, 3.63) is 0 Å². The van der Waals surface area contributed by atoms with Crippen molar-refractivity contribution >= 4 is 5.97 Å². The van der Waals surface area contributed by atoms with Gasteiger partial charge in [0.1, 0.15) is 6.04 Å². The molecule has 1 saturated heterocycles. The lowest BCUT2D eigenvalue weighted by molar-refractivity contribution is -0.144. The van der Waals surface area contributed by atoms with Gasteiger partial charge in [0.25, 0.3) is 0 Å². The van der Waals surface area contributed by atoms with Crippen LogP contribution in [0.1, 0.15) is 47.0 Å². The van der Waals surface area contributed by atoms with Gasteiger partial charge in [-0.25, -0.2) is 0 Å². The van der Waals surface area contributed by atoms with Gasteiger partial charge in [-0.05, 0) is 36.6 Å². The van der Waals surface area contributed by atoms with E-state index in [9.17, 15) is 4.79 Å². The van der Waals surface area contributed by atoms with E-state index in [-0.39, 0.29) is 17.4 Å². The van der Waals surface area contributed by atoms with Crippen LogP contribution >= 0.6 is 0 Å². The highest BCUT2D eigenvalue weighted by Crippen LogP contribution is 2.40. The molecule has 0 aromatic rings. The Morgan fingerprint density at radius 2 is 1.88 bits per heavy atom. The third kappa shape index (κ3) is 3.78. The zero-order valence-electron chi connectivity index (χ0n) is 11.2. The molecule has 1 N–H and O–H groups in total. The molecule has 0 spiro atoms. The molecule has 0 amide bonds. The molecule has 1 fully saturated rings. The molecule has 0 aliphatic carbocycles. The molecule has 1 aliphatic heterocycles. The Morgan fingerprint density at radius 3 is 2.44 bits per heavy atom. The van der Waals surface area contributed by atoms with E-state index in [4.69, 9.17) is 4.74 Å². The van der Waals surface area contributed by atoms with Crippen LogP contribution in [-0.4, -0.2) is 25.7 Å². The fourth-order valence-corrected chi connectivity index (χ4v) is 2.97. The zero-order chi connectivity index (χ0) is 12.4. The molecule has 0 radical (unpaired) electrons. The van der Waals surface area contributed by atoms with Crippen LogP contribution < -0.4 is 5.32 Å². The second-order valence-electron chi connectivity index (χ2n) is 6.49. The summed E-state index contributed by atoms with van der Waals surface area (Å²) in [5.41, 5.74) is 0.521. The molecule has 94 valence electrons. The van der Waals surface area contributed by atoms with Crippen molar-refractivity contribution in [2.75, 3.05) is 13.7 Å². The Bertz CT molecular complexity index is 259. The SMILES string of the molecule is COC(=O)C1CC(C)(C)CC(C)(C)CCN1. The number of carbonyl (C=O) groups excluding carboxylic acids is 1. The van der Waals surface area contributed by atoms with E-state index >= 15 is 0 Å². The van der Waals surface area contributed by atoms with E-state index in [2.05, 4.69) is 33.0 Å². The van der Waals surface area contributed by atoms with E-state index in [1.807, 2.05) is 0 Å². The normalized spacial score (nSPS) is 28.9. The second kappa shape index (κ2) is 4.74. The first-order valence-corrected chi connectivity index (χ1v) is 6.07. The van der Waals surface area contributed by atoms with Gasteiger partial charge < -0.3 is 10.1 Å². The number of rotatable bonds is 1. The minimum Gasteiger partial charge on any atom is -0.468 e. The summed E-state index contributed by atoms with van der Waals surface area (Å²) < 4.78 is 4.83. The predicted molar refractivity (Wildman–Crippen MR) is 65.2 cm³/mol. The summed E-state index contributed by atoms with van der Waals surface area (Å²) in [6.07, 6.45) is 3.10. The van der Waals surface area contributed by atoms with E-state index in [0.29, 0.717) is 5.41 Å². The summed E-state index contributed by atoms with van der Waals surface area (Å²) in [5.74, 6) is -0.132. The summed E-state index contributed by atoms with van der Waals surface area (Å²) in [6, 6.07) is -0.143. The third-order valence-electron chi connectivity index (χ3n) is 3.39. The van der Waals surface area contributed by atoms with Gasteiger partial charge in [-0.1, -0.05) is 27.7 Å². The number of esters is 1. The van der Waals surface area contributed by atoms with Crippen LogP contribution in [-0.2, 0) is 9.53 Å². The van der Waals surface area contributed by atoms with Crippen molar-refractivity contribution < 1.29 is 9.53 Å². The molecule has 0 aromatic heterocycles. The summed E-state index contributed by atoms with van der Waals surface area (Å²) in [4.78, 5) is 11.6. The largest absolute Gasteiger partial charge is 0.468 e. The molecule has 1 rings (SSSR count). The topological polar surface area (TPSA) is 38.3 Å². The van der Waals surface area contributed by atoms with E-state index in [1.54, 1.807) is 0 Å². The van der Waals surface area contributed by atoms with Crippen molar-refractivity contribution in [3.8, 4) is 0 Å². The summed E-state index contributed by atoms with van der Waals surface area (Å²) in [5, 5.41) is 3.31. The van der Waals surface area contributed by atoms with Crippen LogP contribution in [0.2, 0.25) is 0 Å². The van der Waals surface area contributed by atoms with Gasteiger partial charge in [0.15, 0.2) is 0 Å². The van der Waals surface area contributed by atoms with Crippen molar-refractivity contribution in [1.82, 2.24) is 5.32 Å². The number of carbonyl (C=O) groups is 1. The van der Waals surface area contributed by atoms with Crippen LogP contribution in [0, 0.1) is 10.8 Å². The Hall–Kier alpha value is -0.570. The van der Waals surface area contributed by atoms with Crippen molar-refractivity contribution in [2.24, 2.45) is 10.8 Å². The quantitative estimate of drug-likeness (QED) is 0.699. The Balaban J connectivity index is 2.74. The number of ether oxygens (including phenoxy) is 1. The molecular weight excluding hydrogens is 202 g/mol. The molecule has 0 aromatic carbocycles. The molecule has 1 aliphatic rings. The maximum atomic E-state index is 11.6. The molecule has 3 heteroatoms. The minimum atomic E-state index is -0.143. The average molecular weight is 227 g/mol. The number of nitrogens with one attached hydrogen (secondary N) is 1. The van der Waals surface area contributed by atoms with E-state index in [0.717, 1.165) is 25.8 Å². The Kier molecular flexibility index (Phi) is 4.00. The lowest BCUT2D eigenvalue weighted by Gasteiger charge is -2.39. The molecule has 0 bridgehead atoms. The average Bonchev–Trinajstić information content (AvgIpc) is 2.10. The molecule has 0 saturated carbocycles. The number of hydrogen-bond acceptors (Lipinski definition) is 3. The van der Waals surface area contributed by atoms with Crippen LogP contribution in [0.5, 0.6) is 0 Å². The molecule has 16 heavy (non-hydrogen) atoms. The highest BCUT2D eigenvalue weighted by Gasteiger charge is 2.35. The maximum absolute atomic E-state index is 11.6. The first-order chi connectivity index (χ1) is 7.26. The predicted octanol–water partition coefficient (Wildman–Crippen LogP) is 2.35. The monoisotopic (exact) mass is 227 g/mol. The zero-order valence-corrected chi connectivity index (χ0v) is 11.2. The Labute approximate surface area is 98.9 Å². The van der Waals surface area contributed by atoms with Gasteiger partial charge >= 0.3 is 5.97 Å². The summed E-state index contributed by atoms with van der Waals surface area (Å²) >= 11 is 0. The van der Waals surface area contributed by atoms with Crippen molar-refractivity contribution in [3.63, 3.8) is 0 Å². The van der Waals surface area contributed by atoms with Gasteiger partial charge in [0.2, 0.25) is 0 Å². The fraction of sp³-hybridized carbons (Fsp3) is 0.923. The molecule has 1 heterocycles. The van der Waals surface area contributed by atoms with Gasteiger partial charge in [0, 0.05) is 0 Å². The molecule has 1 atom stereocenters. The third-order valence-corrected chi connectivity index (χ3v) is 3.39. The first kappa shape index (κ1) is 13.5. The van der Waals surface area contributed by atoms with Crippen molar-refractivity contribution in [2.45, 2.75) is 53.0 Å². The highest BCUT2D eigenvalue weighted by molar-refractivity contribution is 5.75. The number of hydrogen-bond donors (Lipinski definition) is 1.